The molecule has 0 radical (unpaired) electrons. The van der Waals surface area contributed by atoms with Crippen LogP contribution < -0.4 is 10.9 Å². The van der Waals surface area contributed by atoms with Crippen LogP contribution in [0.4, 0.5) is 5.82 Å². The molecule has 1 fully saturated rings. The van der Waals surface area contributed by atoms with Crippen LogP contribution >= 0.6 is 0 Å². The summed E-state index contributed by atoms with van der Waals surface area (Å²) in [4.78, 5) is 32.5. The number of aryl methyl sites for hydroxylation is 2. The number of nitrogens with one attached hydrogen (secondary N) is 2. The van der Waals surface area contributed by atoms with Gasteiger partial charge in [-0.3, -0.25) is 19.3 Å². The number of aromatic nitrogens is 6. The molecule has 30 heavy (non-hydrogen) atoms. The van der Waals surface area contributed by atoms with E-state index in [0.29, 0.717) is 16.9 Å². The van der Waals surface area contributed by atoms with E-state index in [-0.39, 0.29) is 23.3 Å². The molecule has 1 saturated carbocycles. The first-order chi connectivity index (χ1) is 14.5. The molecule has 0 aromatic carbocycles. The number of hydrogen-bond donors (Lipinski definition) is 2. The number of unbranched alkanes of at least 4 members (excludes halogenated alkanes) is 1. The van der Waals surface area contributed by atoms with Gasteiger partial charge in [0.2, 0.25) is 11.9 Å². The molecule has 4 rings (SSSR count). The first kappa shape index (κ1) is 20.3. The summed E-state index contributed by atoms with van der Waals surface area (Å²) in [5.41, 5.74) is 0.893. The third-order valence-corrected chi connectivity index (χ3v) is 6.06. The third-order valence-electron chi connectivity index (χ3n) is 6.06. The summed E-state index contributed by atoms with van der Waals surface area (Å²) in [5, 5.41) is 11.9. The number of H-pyrrole nitrogens is 1. The van der Waals surface area contributed by atoms with E-state index >= 15 is 0 Å². The van der Waals surface area contributed by atoms with Crippen LogP contribution in [0.5, 0.6) is 0 Å². The Labute approximate surface area is 174 Å². The molecule has 3 aromatic heterocycles. The summed E-state index contributed by atoms with van der Waals surface area (Å²) in [6, 6.07) is 1.79. The van der Waals surface area contributed by atoms with Gasteiger partial charge >= 0.3 is 0 Å². The standard InChI is InChI=1S/C21H29N7O2/c1-4-5-6-14-7-9-15(10-8-14)19(29)23-17-11-13(2)26-28(17)21-24-18-16(20(30)25-21)12-22-27(18)3/h11-12,14-15H,4-10H2,1-3H3,(H,23,29)(H,24,25,30). The van der Waals surface area contributed by atoms with Crippen molar-refractivity contribution >= 4 is 22.8 Å². The van der Waals surface area contributed by atoms with Gasteiger partial charge in [-0.1, -0.05) is 26.2 Å². The quantitative estimate of drug-likeness (QED) is 0.648. The number of carbonyl (C=O) groups is 1. The van der Waals surface area contributed by atoms with Crippen LogP contribution in [0.3, 0.4) is 0 Å². The fraction of sp³-hybridized carbons (Fsp3) is 0.571. The molecule has 0 bridgehead atoms. The molecule has 9 heteroatoms. The fourth-order valence-corrected chi connectivity index (χ4v) is 4.31. The molecule has 3 heterocycles. The van der Waals surface area contributed by atoms with Crippen molar-refractivity contribution in [3.05, 3.63) is 28.3 Å². The average Bonchev–Trinajstić information content (AvgIpc) is 3.29. The van der Waals surface area contributed by atoms with Crippen molar-refractivity contribution < 1.29 is 4.79 Å². The Morgan fingerprint density at radius 2 is 2.07 bits per heavy atom. The van der Waals surface area contributed by atoms with Crippen LogP contribution in [0.1, 0.15) is 57.6 Å². The van der Waals surface area contributed by atoms with Gasteiger partial charge in [0.15, 0.2) is 5.65 Å². The van der Waals surface area contributed by atoms with Crippen molar-refractivity contribution in [2.45, 2.75) is 58.8 Å². The summed E-state index contributed by atoms with van der Waals surface area (Å²) in [6.07, 6.45) is 9.32. The van der Waals surface area contributed by atoms with Crippen molar-refractivity contribution in [2.75, 3.05) is 5.32 Å². The van der Waals surface area contributed by atoms with Crippen molar-refractivity contribution in [1.29, 1.82) is 0 Å². The van der Waals surface area contributed by atoms with E-state index in [2.05, 4.69) is 32.4 Å². The molecular formula is C21H29N7O2. The maximum atomic E-state index is 12.9. The maximum absolute atomic E-state index is 12.9. The number of hydrogen-bond acceptors (Lipinski definition) is 5. The molecule has 2 N–H and O–H groups in total. The highest BCUT2D eigenvalue weighted by Crippen LogP contribution is 2.32. The molecular weight excluding hydrogens is 382 g/mol. The smallest absolute Gasteiger partial charge is 0.263 e. The maximum Gasteiger partial charge on any atom is 0.263 e. The zero-order valence-electron chi connectivity index (χ0n) is 17.8. The number of nitrogens with zero attached hydrogens (tertiary/aromatic N) is 5. The van der Waals surface area contributed by atoms with Crippen LogP contribution in [0.2, 0.25) is 0 Å². The Morgan fingerprint density at radius 3 is 2.80 bits per heavy atom. The van der Waals surface area contributed by atoms with Gasteiger partial charge in [-0.05, 0) is 38.5 Å². The summed E-state index contributed by atoms with van der Waals surface area (Å²) in [5.74, 6) is 1.53. The average molecular weight is 412 g/mol. The molecule has 9 nitrogen and oxygen atoms in total. The Hall–Kier alpha value is -2.97. The van der Waals surface area contributed by atoms with Crippen molar-refractivity contribution in [1.82, 2.24) is 29.5 Å². The van der Waals surface area contributed by atoms with E-state index in [9.17, 15) is 9.59 Å². The summed E-state index contributed by atoms with van der Waals surface area (Å²) in [7, 11) is 1.73. The Balaban J connectivity index is 1.52. The minimum Gasteiger partial charge on any atom is -0.310 e. The number of rotatable bonds is 6. The van der Waals surface area contributed by atoms with E-state index in [4.69, 9.17) is 0 Å². The van der Waals surface area contributed by atoms with E-state index in [0.717, 1.165) is 37.3 Å². The van der Waals surface area contributed by atoms with Gasteiger partial charge < -0.3 is 5.32 Å². The first-order valence-electron chi connectivity index (χ1n) is 10.8. The van der Waals surface area contributed by atoms with Gasteiger partial charge in [0, 0.05) is 19.0 Å². The summed E-state index contributed by atoms with van der Waals surface area (Å²) < 4.78 is 3.02. The van der Waals surface area contributed by atoms with Gasteiger partial charge in [0.25, 0.3) is 5.56 Å². The number of aromatic amines is 1. The fourth-order valence-electron chi connectivity index (χ4n) is 4.31. The van der Waals surface area contributed by atoms with Gasteiger partial charge in [-0.25, -0.2) is 0 Å². The van der Waals surface area contributed by atoms with E-state index in [1.807, 2.05) is 6.92 Å². The monoisotopic (exact) mass is 411 g/mol. The summed E-state index contributed by atoms with van der Waals surface area (Å²) >= 11 is 0. The normalized spacial score (nSPS) is 19.3. The van der Waals surface area contributed by atoms with E-state index in [1.165, 1.54) is 30.1 Å². The van der Waals surface area contributed by atoms with Crippen LogP contribution in [-0.2, 0) is 11.8 Å². The highest BCUT2D eigenvalue weighted by Gasteiger charge is 2.27. The van der Waals surface area contributed by atoms with Gasteiger partial charge in [0.1, 0.15) is 11.2 Å². The lowest BCUT2D eigenvalue weighted by Gasteiger charge is -2.27. The molecule has 3 aromatic rings. The van der Waals surface area contributed by atoms with Crippen molar-refractivity contribution in [2.24, 2.45) is 18.9 Å². The molecule has 1 aliphatic rings. The largest absolute Gasteiger partial charge is 0.310 e. The SMILES string of the molecule is CCCCC1CCC(C(=O)Nc2cc(C)nn2-c2nc3c(cnn3C)c(=O)[nH]2)CC1. The molecule has 0 saturated heterocycles. The Kier molecular flexibility index (Phi) is 5.69. The Bertz CT molecular complexity index is 1100. The second kappa shape index (κ2) is 8.41. The van der Waals surface area contributed by atoms with Gasteiger partial charge in [-0.2, -0.15) is 19.9 Å². The molecule has 0 aliphatic heterocycles. The minimum absolute atomic E-state index is 0.00838. The predicted octanol–water partition coefficient (Wildman–Crippen LogP) is 3.09. The number of amides is 1. The van der Waals surface area contributed by atoms with E-state index < -0.39 is 0 Å². The zero-order valence-corrected chi connectivity index (χ0v) is 17.8. The predicted molar refractivity (Wildman–Crippen MR) is 115 cm³/mol. The molecule has 1 aliphatic carbocycles. The second-order valence-corrected chi connectivity index (χ2v) is 8.33. The first-order valence-corrected chi connectivity index (χ1v) is 10.8. The lowest BCUT2D eigenvalue weighted by molar-refractivity contribution is -0.121. The molecule has 0 unspecified atom stereocenters. The highest BCUT2D eigenvalue weighted by molar-refractivity contribution is 5.92. The molecule has 1 amide bonds. The zero-order chi connectivity index (χ0) is 21.3. The topological polar surface area (TPSA) is 110 Å². The van der Waals surface area contributed by atoms with Crippen molar-refractivity contribution in [3.63, 3.8) is 0 Å². The number of carbonyl (C=O) groups excluding carboxylic acids is 1. The Morgan fingerprint density at radius 1 is 1.30 bits per heavy atom. The van der Waals surface area contributed by atoms with Crippen LogP contribution in [0, 0.1) is 18.8 Å². The number of fused-ring (bicyclic) bond motifs is 1. The second-order valence-electron chi connectivity index (χ2n) is 8.33. The van der Waals surface area contributed by atoms with Gasteiger partial charge in [0.05, 0.1) is 11.9 Å². The van der Waals surface area contributed by atoms with Crippen LogP contribution in [0.15, 0.2) is 17.1 Å². The lowest BCUT2D eigenvalue weighted by Crippen LogP contribution is -2.28. The number of anilines is 1. The highest BCUT2D eigenvalue weighted by atomic mass is 16.2. The molecule has 0 atom stereocenters. The molecule has 0 spiro atoms. The summed E-state index contributed by atoms with van der Waals surface area (Å²) in [6.45, 7) is 4.06. The van der Waals surface area contributed by atoms with E-state index in [1.54, 1.807) is 17.8 Å². The van der Waals surface area contributed by atoms with Crippen LogP contribution in [0.25, 0.3) is 17.0 Å². The third kappa shape index (κ3) is 4.01. The van der Waals surface area contributed by atoms with Crippen LogP contribution in [-0.4, -0.2) is 35.4 Å². The van der Waals surface area contributed by atoms with Crippen molar-refractivity contribution in [3.8, 4) is 5.95 Å². The van der Waals surface area contributed by atoms with Gasteiger partial charge in [-0.15, -0.1) is 0 Å². The molecule has 160 valence electrons. The lowest BCUT2D eigenvalue weighted by atomic mass is 9.79. The minimum atomic E-state index is -0.293.